The Morgan fingerprint density at radius 2 is 0.619 bits per heavy atom. The molecule has 2 saturated carbocycles. The Labute approximate surface area is 566 Å². The van der Waals surface area contributed by atoms with Crippen LogP contribution < -0.4 is 9.80 Å². The molecule has 3 aliphatic rings. The first-order valence-corrected chi connectivity index (χ1v) is 35.0. The van der Waals surface area contributed by atoms with Crippen LogP contribution in [0.5, 0.6) is 0 Å². The van der Waals surface area contributed by atoms with E-state index >= 15 is 0 Å². The van der Waals surface area contributed by atoms with Gasteiger partial charge in [0.15, 0.2) is 11.2 Å². The SMILES string of the molecule is Cc1ccccc1-c1cccc2c1oc1c(N(c3ccc(C4CCCC4)cc3)c3cc4c(c5ccccc35)-c3c(cc(N(c5ccc(C6CCCC6)cc5)c5cccc6c5oc5c(-c7ccccc7C)cccc56)c5ccccc35)C4(c3ccccc3)c3ccccc3)cccc12. The number of hydrogen-bond acceptors (Lipinski definition) is 4. The van der Waals surface area contributed by atoms with E-state index in [0.717, 1.165) is 99.9 Å². The highest BCUT2D eigenvalue weighted by molar-refractivity contribution is 6.21. The maximum atomic E-state index is 7.50. The van der Waals surface area contributed by atoms with Crippen molar-refractivity contribution in [3.05, 3.63) is 336 Å². The van der Waals surface area contributed by atoms with E-state index < -0.39 is 5.41 Å². The Balaban J connectivity index is 0.910. The Morgan fingerprint density at radius 1 is 0.289 bits per heavy atom. The van der Waals surface area contributed by atoms with Gasteiger partial charge < -0.3 is 18.6 Å². The molecule has 4 heteroatoms. The van der Waals surface area contributed by atoms with Crippen LogP contribution in [0.1, 0.15) is 108 Å². The zero-order valence-corrected chi connectivity index (χ0v) is 54.7. The first-order valence-electron chi connectivity index (χ1n) is 35.0. The molecule has 0 spiro atoms. The first-order chi connectivity index (χ1) is 48.0. The minimum atomic E-state index is -0.859. The summed E-state index contributed by atoms with van der Waals surface area (Å²) in [6.07, 6.45) is 10.0. The summed E-state index contributed by atoms with van der Waals surface area (Å²) < 4.78 is 15.0. The van der Waals surface area contributed by atoms with Gasteiger partial charge in [0.1, 0.15) is 11.2 Å². The fourth-order valence-corrected chi connectivity index (χ4v) is 17.8. The van der Waals surface area contributed by atoms with E-state index in [1.807, 2.05) is 0 Å². The Hall–Kier alpha value is -11.2. The quantitative estimate of drug-likeness (QED) is 0.122. The monoisotopic (exact) mass is 1250 g/mol. The summed E-state index contributed by atoms with van der Waals surface area (Å²) in [5, 5.41) is 9.03. The lowest BCUT2D eigenvalue weighted by atomic mass is 9.67. The van der Waals surface area contributed by atoms with E-state index in [1.54, 1.807) is 0 Å². The fraction of sp³-hybridized carbons (Fsp3) is 0.140. The van der Waals surface area contributed by atoms with Gasteiger partial charge in [-0.25, -0.2) is 0 Å². The summed E-state index contributed by atoms with van der Waals surface area (Å²) >= 11 is 0. The summed E-state index contributed by atoms with van der Waals surface area (Å²) in [6, 6.07) is 110. The molecule has 0 atom stereocenters. The Morgan fingerprint density at radius 3 is 1.02 bits per heavy atom. The lowest BCUT2D eigenvalue weighted by molar-refractivity contribution is 0.670. The highest BCUT2D eigenvalue weighted by Crippen LogP contribution is 2.63. The summed E-state index contributed by atoms with van der Waals surface area (Å²) in [6.45, 7) is 4.39. The average molecular weight is 1250 g/mol. The lowest BCUT2D eigenvalue weighted by Crippen LogP contribution is -2.29. The molecule has 4 nitrogen and oxygen atoms in total. The predicted molar refractivity (Wildman–Crippen MR) is 405 cm³/mol. The van der Waals surface area contributed by atoms with E-state index in [9.17, 15) is 0 Å². The zero-order valence-electron chi connectivity index (χ0n) is 54.7. The highest BCUT2D eigenvalue weighted by Gasteiger charge is 2.49. The van der Waals surface area contributed by atoms with Crippen molar-refractivity contribution in [1.29, 1.82) is 0 Å². The van der Waals surface area contributed by atoms with Gasteiger partial charge in [0.2, 0.25) is 0 Å². The van der Waals surface area contributed by atoms with E-state index in [2.05, 4.69) is 315 Å². The number of aryl methyl sites for hydroxylation is 2. The first kappa shape index (κ1) is 57.3. The number of hydrogen-bond donors (Lipinski definition) is 0. The van der Waals surface area contributed by atoms with Gasteiger partial charge in [0.05, 0.1) is 28.2 Å². The molecule has 14 aromatic carbocycles. The third kappa shape index (κ3) is 8.95. The molecule has 16 aromatic rings. The molecule has 2 heterocycles. The van der Waals surface area contributed by atoms with Crippen LogP contribution in [0, 0.1) is 13.8 Å². The third-order valence-electron chi connectivity index (χ3n) is 22.3. The highest BCUT2D eigenvalue weighted by atomic mass is 16.3. The molecule has 0 unspecified atom stereocenters. The molecule has 0 radical (unpaired) electrons. The maximum absolute atomic E-state index is 7.50. The van der Waals surface area contributed by atoms with Crippen LogP contribution in [0.15, 0.2) is 300 Å². The van der Waals surface area contributed by atoms with Crippen molar-refractivity contribution in [3.63, 3.8) is 0 Å². The Kier molecular flexibility index (Phi) is 13.6. The summed E-state index contributed by atoms with van der Waals surface area (Å²) in [4.78, 5) is 5.06. The van der Waals surface area contributed by atoms with Gasteiger partial charge in [-0.05, 0) is 177 Å². The van der Waals surface area contributed by atoms with Crippen LogP contribution >= 0.6 is 0 Å². The van der Waals surface area contributed by atoms with Crippen LogP contribution in [0.4, 0.5) is 34.1 Å². The van der Waals surface area contributed by atoms with Crippen molar-refractivity contribution in [1.82, 2.24) is 0 Å². The van der Waals surface area contributed by atoms with E-state index in [0.29, 0.717) is 11.8 Å². The topological polar surface area (TPSA) is 32.8 Å². The van der Waals surface area contributed by atoms with Gasteiger partial charge in [0, 0.05) is 54.8 Å². The van der Waals surface area contributed by atoms with E-state index in [1.165, 1.54) is 129 Å². The molecule has 19 rings (SSSR count). The molecule has 3 aliphatic carbocycles. The molecule has 97 heavy (non-hydrogen) atoms. The smallest absolute Gasteiger partial charge is 0.159 e. The lowest BCUT2D eigenvalue weighted by Gasteiger charge is -2.36. The van der Waals surface area contributed by atoms with Gasteiger partial charge in [0.25, 0.3) is 0 Å². The number of nitrogens with zero attached hydrogens (tertiary/aromatic N) is 2. The zero-order chi connectivity index (χ0) is 64.3. The minimum absolute atomic E-state index is 0.563. The van der Waals surface area contributed by atoms with E-state index in [4.69, 9.17) is 8.83 Å². The second-order valence-corrected chi connectivity index (χ2v) is 27.5. The maximum Gasteiger partial charge on any atom is 0.159 e. The number of benzene rings is 14. The fourth-order valence-electron chi connectivity index (χ4n) is 17.8. The number of para-hydroxylation sites is 4. The van der Waals surface area contributed by atoms with Gasteiger partial charge in [-0.1, -0.05) is 268 Å². The number of fused-ring (bicyclic) bond motifs is 13. The van der Waals surface area contributed by atoms with Crippen molar-refractivity contribution in [2.45, 2.75) is 82.5 Å². The van der Waals surface area contributed by atoms with Gasteiger partial charge in [-0.2, -0.15) is 0 Å². The summed E-state index contributed by atoms with van der Waals surface area (Å²) in [5.74, 6) is 1.13. The number of furan rings is 2. The summed E-state index contributed by atoms with van der Waals surface area (Å²) in [5.41, 5.74) is 26.0. The molecular weight excluding hydrogens is 1180 g/mol. The van der Waals surface area contributed by atoms with E-state index in [-0.39, 0.29) is 0 Å². The molecule has 0 aliphatic heterocycles. The molecular formula is C93H72N2O2. The molecule has 0 bridgehead atoms. The van der Waals surface area contributed by atoms with Crippen LogP contribution in [0.3, 0.4) is 0 Å². The predicted octanol–water partition coefficient (Wildman–Crippen LogP) is 26.4. The number of anilines is 6. The van der Waals surface area contributed by atoms with Crippen molar-refractivity contribution < 1.29 is 8.83 Å². The molecule has 0 saturated heterocycles. The van der Waals surface area contributed by atoms with Crippen LogP contribution in [0.2, 0.25) is 0 Å². The largest absolute Gasteiger partial charge is 0.453 e. The third-order valence-corrected chi connectivity index (χ3v) is 22.3. The van der Waals surface area contributed by atoms with Crippen molar-refractivity contribution in [2.24, 2.45) is 0 Å². The minimum Gasteiger partial charge on any atom is -0.453 e. The van der Waals surface area contributed by atoms with Gasteiger partial charge in [-0.3, -0.25) is 0 Å². The summed E-state index contributed by atoms with van der Waals surface area (Å²) in [7, 11) is 0. The Bertz CT molecular complexity index is 5390. The molecule has 466 valence electrons. The normalized spacial score (nSPS) is 14.6. The average Bonchev–Trinajstić information content (AvgIpc) is 1.52. The van der Waals surface area contributed by atoms with Crippen molar-refractivity contribution in [2.75, 3.05) is 9.80 Å². The standard InChI is InChI=1S/C93H72N2O2/c1-59-25-9-15-35-69(59)75-41-21-43-77-79-45-23-47-83(91(79)96-89(75)77)94(67-53-49-63(50-54-67)61-27-11-12-28-61)85-57-81-87(73-39-19-17-37-71(73)85)88-74-40-20-18-38-72(74)86(58-82(88)93(81,65-31-5-3-6-32-65)66-33-7-4-8-34-66)95(68-55-51-64(52-56-68)62-29-13-14-30-62)84-48-24-46-80-78-44-22-42-76(90(78)97-92(80)84)70-36-16-10-26-60(70)2/h3-10,15-26,31-58,61-62H,11-14,27-30H2,1-2H3. The van der Waals surface area contributed by atoms with Crippen LogP contribution in [-0.2, 0) is 5.41 Å². The second kappa shape index (κ2) is 23.0. The number of rotatable bonds is 12. The van der Waals surface area contributed by atoms with Crippen LogP contribution in [0.25, 0.3) is 98.8 Å². The van der Waals surface area contributed by atoms with Crippen molar-refractivity contribution >= 4 is 99.5 Å². The molecule has 0 amide bonds. The molecule has 0 N–H and O–H groups in total. The second-order valence-electron chi connectivity index (χ2n) is 27.5. The molecule has 2 aromatic heterocycles. The molecule has 2 fully saturated rings. The van der Waals surface area contributed by atoms with Gasteiger partial charge >= 0.3 is 0 Å². The van der Waals surface area contributed by atoms with Crippen molar-refractivity contribution in [3.8, 4) is 33.4 Å². The van der Waals surface area contributed by atoms with Crippen LogP contribution in [-0.4, -0.2) is 0 Å². The van der Waals surface area contributed by atoms with Gasteiger partial charge in [-0.15, -0.1) is 0 Å².